The lowest BCUT2D eigenvalue weighted by Crippen LogP contribution is -2.36. The first-order valence-corrected chi connectivity index (χ1v) is 9.41. The zero-order valence-corrected chi connectivity index (χ0v) is 18.8. The fourth-order valence-electron chi connectivity index (χ4n) is 3.17. The monoisotopic (exact) mass is 445 g/mol. The van der Waals surface area contributed by atoms with Gasteiger partial charge in [-0.1, -0.05) is 13.8 Å². The van der Waals surface area contributed by atoms with Crippen molar-refractivity contribution in [3.8, 4) is 0 Å². The van der Waals surface area contributed by atoms with Gasteiger partial charge in [-0.25, -0.2) is 9.78 Å². The Morgan fingerprint density at radius 1 is 1.34 bits per heavy atom. The molecular weight excluding hydrogens is 417 g/mol. The lowest BCUT2D eigenvalue weighted by molar-refractivity contribution is 0.0798. The highest BCUT2D eigenvalue weighted by molar-refractivity contribution is 6.05. The summed E-state index contributed by atoms with van der Waals surface area (Å²) in [6.07, 6.45) is 2.03. The molecule has 0 spiro atoms. The first kappa shape index (κ1) is 25.1. The maximum atomic E-state index is 13.1. The van der Waals surface area contributed by atoms with Gasteiger partial charge >= 0.3 is 5.69 Å². The van der Waals surface area contributed by atoms with Gasteiger partial charge in [0.25, 0.3) is 11.5 Å². The summed E-state index contributed by atoms with van der Waals surface area (Å²) in [5.41, 5.74) is 0.376. The number of pyridine rings is 1. The van der Waals surface area contributed by atoms with E-state index in [1.807, 2.05) is 20.9 Å². The fourth-order valence-corrected chi connectivity index (χ4v) is 3.17. The Labute approximate surface area is 181 Å². The highest BCUT2D eigenvalue weighted by Crippen LogP contribution is 2.40. The molecule has 0 bridgehead atoms. The van der Waals surface area contributed by atoms with Crippen molar-refractivity contribution in [1.82, 2.24) is 24.8 Å². The van der Waals surface area contributed by atoms with Crippen molar-refractivity contribution in [2.24, 2.45) is 5.92 Å². The zero-order chi connectivity index (χ0) is 19.7. The number of aromatic amines is 1. The summed E-state index contributed by atoms with van der Waals surface area (Å²) < 4.78 is 1.48. The van der Waals surface area contributed by atoms with Gasteiger partial charge in [0.15, 0.2) is 5.65 Å². The lowest BCUT2D eigenvalue weighted by atomic mass is 10.1. The van der Waals surface area contributed by atoms with Crippen LogP contribution in [0.2, 0.25) is 0 Å². The van der Waals surface area contributed by atoms with Crippen LogP contribution in [0.15, 0.2) is 15.7 Å². The van der Waals surface area contributed by atoms with E-state index in [1.54, 1.807) is 18.0 Å². The van der Waals surface area contributed by atoms with E-state index in [-0.39, 0.29) is 42.0 Å². The number of fused-ring (bicyclic) bond motifs is 1. The maximum absolute atomic E-state index is 13.1. The summed E-state index contributed by atoms with van der Waals surface area (Å²) in [5, 5.41) is 3.21. The van der Waals surface area contributed by atoms with Crippen molar-refractivity contribution in [3.05, 3.63) is 38.2 Å². The number of carbonyl (C=O) groups is 1. The number of amides is 1. The molecule has 0 aromatic carbocycles. The minimum Gasteiger partial charge on any atom is -0.340 e. The van der Waals surface area contributed by atoms with Crippen LogP contribution in [0.1, 0.15) is 48.7 Å². The molecule has 10 heteroatoms. The summed E-state index contributed by atoms with van der Waals surface area (Å²) >= 11 is 0. The molecule has 2 heterocycles. The number of H-pyrrole nitrogens is 1. The van der Waals surface area contributed by atoms with Gasteiger partial charge in [0.05, 0.1) is 10.9 Å². The number of nitrogens with zero attached hydrogens (tertiary/aromatic N) is 3. The average molecular weight is 446 g/mol. The summed E-state index contributed by atoms with van der Waals surface area (Å²) in [5.74, 6) is 0.255. The number of rotatable bonds is 7. The molecule has 3 rings (SSSR count). The van der Waals surface area contributed by atoms with E-state index in [0.29, 0.717) is 36.8 Å². The van der Waals surface area contributed by atoms with Crippen molar-refractivity contribution in [2.45, 2.75) is 39.2 Å². The molecular formula is C19H29Cl2N5O3. The highest BCUT2D eigenvalue weighted by atomic mass is 35.5. The van der Waals surface area contributed by atoms with Crippen LogP contribution in [-0.4, -0.2) is 52.5 Å². The Morgan fingerprint density at radius 3 is 2.55 bits per heavy atom. The Balaban J connectivity index is 0.00000210. The Hall–Kier alpha value is -1.90. The van der Waals surface area contributed by atoms with E-state index < -0.39 is 11.2 Å². The van der Waals surface area contributed by atoms with Crippen LogP contribution in [-0.2, 0) is 6.54 Å². The predicted molar refractivity (Wildman–Crippen MR) is 119 cm³/mol. The molecule has 2 aromatic heterocycles. The number of nitrogens with one attached hydrogen (secondary N) is 2. The van der Waals surface area contributed by atoms with E-state index in [0.717, 1.165) is 18.5 Å². The predicted octanol–water partition coefficient (Wildman–Crippen LogP) is 1.75. The first-order chi connectivity index (χ1) is 12.8. The van der Waals surface area contributed by atoms with Gasteiger partial charge in [0.2, 0.25) is 0 Å². The van der Waals surface area contributed by atoms with E-state index in [2.05, 4.69) is 15.3 Å². The van der Waals surface area contributed by atoms with Crippen molar-refractivity contribution >= 4 is 41.8 Å². The fraction of sp³-hybridized carbons (Fsp3) is 0.579. The largest absolute Gasteiger partial charge is 0.340 e. The van der Waals surface area contributed by atoms with Gasteiger partial charge in [0, 0.05) is 38.3 Å². The number of carbonyl (C=O) groups excluding carboxylic acids is 1. The molecule has 1 fully saturated rings. The van der Waals surface area contributed by atoms with Gasteiger partial charge < -0.3 is 10.2 Å². The van der Waals surface area contributed by atoms with E-state index in [4.69, 9.17) is 0 Å². The van der Waals surface area contributed by atoms with Crippen LogP contribution in [0.25, 0.3) is 11.0 Å². The molecule has 0 saturated heterocycles. The summed E-state index contributed by atoms with van der Waals surface area (Å²) in [4.78, 5) is 46.6. The molecule has 1 aliphatic rings. The quantitative estimate of drug-likeness (QED) is 0.675. The van der Waals surface area contributed by atoms with Crippen LogP contribution < -0.4 is 16.6 Å². The second-order valence-corrected chi connectivity index (χ2v) is 7.66. The minimum atomic E-state index is -0.560. The molecule has 0 radical (unpaired) electrons. The van der Waals surface area contributed by atoms with Crippen LogP contribution in [0, 0.1) is 5.92 Å². The number of likely N-dealkylation sites (N-methyl/N-ethyl adjacent to an activating group) is 2. The number of halogens is 2. The molecule has 2 aromatic rings. The Morgan fingerprint density at radius 2 is 2.00 bits per heavy atom. The molecule has 162 valence electrons. The number of aromatic nitrogens is 3. The van der Waals surface area contributed by atoms with Crippen LogP contribution in [0.5, 0.6) is 0 Å². The van der Waals surface area contributed by atoms with Crippen molar-refractivity contribution in [1.29, 1.82) is 0 Å². The Bertz CT molecular complexity index is 982. The van der Waals surface area contributed by atoms with Gasteiger partial charge in [-0.05, 0) is 31.9 Å². The number of hydrogen-bond acceptors (Lipinski definition) is 5. The van der Waals surface area contributed by atoms with E-state index in [1.165, 1.54) is 4.57 Å². The maximum Gasteiger partial charge on any atom is 0.330 e. The third kappa shape index (κ3) is 5.38. The van der Waals surface area contributed by atoms with E-state index in [9.17, 15) is 14.4 Å². The SMILES string of the molecule is CNCCN(C)C(=O)c1cc(C2CC2)nc2c1c(=O)[nH]c(=O)n2CC(C)C.Cl.Cl. The lowest BCUT2D eigenvalue weighted by Gasteiger charge is -2.19. The average Bonchev–Trinajstić information content (AvgIpc) is 3.46. The third-order valence-electron chi connectivity index (χ3n) is 4.79. The molecule has 29 heavy (non-hydrogen) atoms. The summed E-state index contributed by atoms with van der Waals surface area (Å²) in [6, 6.07) is 1.73. The van der Waals surface area contributed by atoms with Crippen molar-refractivity contribution < 1.29 is 4.79 Å². The second kappa shape index (κ2) is 10.2. The van der Waals surface area contributed by atoms with Gasteiger partial charge in [-0.15, -0.1) is 24.8 Å². The molecule has 1 amide bonds. The first-order valence-electron chi connectivity index (χ1n) is 9.41. The third-order valence-corrected chi connectivity index (χ3v) is 4.79. The second-order valence-electron chi connectivity index (χ2n) is 7.66. The molecule has 1 saturated carbocycles. The molecule has 2 N–H and O–H groups in total. The standard InChI is InChI=1S/C19H27N5O3.2ClH/c1-11(2)10-24-16-15(17(25)22-19(24)27)13(9-14(21-16)12-5-6-12)18(26)23(4)8-7-20-3;;/h9,11-12,20H,5-8,10H2,1-4H3,(H,22,25,27);2*1H. The smallest absolute Gasteiger partial charge is 0.330 e. The normalized spacial score (nSPS) is 13.1. The van der Waals surface area contributed by atoms with Gasteiger partial charge in [0.1, 0.15) is 0 Å². The zero-order valence-electron chi connectivity index (χ0n) is 17.2. The van der Waals surface area contributed by atoms with Crippen molar-refractivity contribution in [2.75, 3.05) is 27.2 Å². The molecule has 0 atom stereocenters. The highest BCUT2D eigenvalue weighted by Gasteiger charge is 2.29. The molecule has 1 aliphatic carbocycles. The van der Waals surface area contributed by atoms with Crippen LogP contribution in [0.3, 0.4) is 0 Å². The molecule has 8 nitrogen and oxygen atoms in total. The van der Waals surface area contributed by atoms with Crippen molar-refractivity contribution in [3.63, 3.8) is 0 Å². The summed E-state index contributed by atoms with van der Waals surface area (Å²) in [6.45, 7) is 5.57. The number of hydrogen-bond donors (Lipinski definition) is 2. The minimum absolute atomic E-state index is 0. The van der Waals surface area contributed by atoms with Gasteiger partial charge in [-0.2, -0.15) is 0 Å². The van der Waals surface area contributed by atoms with Crippen LogP contribution >= 0.6 is 24.8 Å². The topological polar surface area (TPSA) is 100 Å². The molecule has 0 aliphatic heterocycles. The van der Waals surface area contributed by atoms with Crippen LogP contribution in [0.4, 0.5) is 0 Å². The van der Waals surface area contributed by atoms with E-state index >= 15 is 0 Å². The summed E-state index contributed by atoms with van der Waals surface area (Å²) in [7, 11) is 3.53. The Kier molecular flexibility index (Phi) is 8.86. The molecule has 0 unspecified atom stereocenters. The van der Waals surface area contributed by atoms with Gasteiger partial charge in [-0.3, -0.25) is 19.1 Å².